The molecule has 2 heteroatoms. The van der Waals surface area contributed by atoms with Crippen LogP contribution in [-0.2, 0) is 0 Å². The number of nitrogens with zero attached hydrogens (tertiary/aromatic N) is 1. The smallest absolute Gasteiger partial charge is 0.0991 e. The minimum absolute atomic E-state index is 0.709. The number of rotatable bonds is 14. The van der Waals surface area contributed by atoms with Gasteiger partial charge in [-0.1, -0.05) is 43.9 Å². The van der Waals surface area contributed by atoms with Crippen LogP contribution >= 0.6 is 0 Å². The molecule has 1 rings (SSSR count). The highest BCUT2D eigenvalue weighted by molar-refractivity contribution is 5.46. The lowest BCUT2D eigenvalue weighted by molar-refractivity contribution is 0.600. The van der Waals surface area contributed by atoms with Crippen LogP contribution in [0.4, 0.5) is 5.69 Å². The Kier molecular flexibility index (Phi) is 12.2. The van der Waals surface area contributed by atoms with E-state index < -0.39 is 0 Å². The summed E-state index contributed by atoms with van der Waals surface area (Å²) in [5.41, 5.74) is 1.80. The van der Waals surface area contributed by atoms with Gasteiger partial charge in [-0.05, 0) is 62.8 Å². The molecule has 0 radical (unpaired) electrons. The average molecular weight is 325 g/mol. The molecule has 24 heavy (non-hydrogen) atoms. The second kappa shape index (κ2) is 14.6. The summed E-state index contributed by atoms with van der Waals surface area (Å²) in [6.45, 7) is 4.73. The fourth-order valence-corrected chi connectivity index (χ4v) is 2.61. The van der Waals surface area contributed by atoms with Gasteiger partial charge in [0, 0.05) is 12.2 Å². The van der Waals surface area contributed by atoms with E-state index in [2.05, 4.69) is 30.1 Å². The van der Waals surface area contributed by atoms with Crippen molar-refractivity contribution in [1.29, 1.82) is 5.26 Å². The van der Waals surface area contributed by atoms with Crippen molar-refractivity contribution >= 4 is 5.69 Å². The molecular weight excluding hydrogens is 292 g/mol. The number of hydrogen-bond donors (Lipinski definition) is 1. The third-order valence-corrected chi connectivity index (χ3v) is 4.09. The molecule has 0 unspecified atom stereocenters. The van der Waals surface area contributed by atoms with Crippen LogP contribution in [0.5, 0.6) is 0 Å². The van der Waals surface area contributed by atoms with Crippen LogP contribution in [0.1, 0.15) is 69.8 Å². The predicted molar refractivity (Wildman–Crippen MR) is 105 cm³/mol. The number of benzene rings is 1. The number of unbranched alkanes of at least 4 members (excludes halogenated alkanes) is 8. The largest absolute Gasteiger partial charge is 0.385 e. The fraction of sp³-hybridized carbons (Fsp3) is 0.500. The molecule has 2 nitrogen and oxygen atoms in total. The zero-order chi connectivity index (χ0) is 17.3. The van der Waals surface area contributed by atoms with Gasteiger partial charge in [0.15, 0.2) is 0 Å². The molecule has 0 saturated heterocycles. The normalized spacial score (nSPS) is 10.6. The molecule has 1 aromatic rings. The van der Waals surface area contributed by atoms with Crippen LogP contribution in [0.25, 0.3) is 0 Å². The van der Waals surface area contributed by atoms with Crippen LogP contribution in [0.15, 0.2) is 49.1 Å². The third-order valence-electron chi connectivity index (χ3n) is 4.09. The van der Waals surface area contributed by atoms with E-state index in [-0.39, 0.29) is 0 Å². The number of anilines is 1. The van der Waals surface area contributed by atoms with Gasteiger partial charge in [-0.15, -0.1) is 6.58 Å². The lowest BCUT2D eigenvalue weighted by Crippen LogP contribution is -2.00. The van der Waals surface area contributed by atoms with Crippen molar-refractivity contribution in [2.45, 2.75) is 64.2 Å². The summed E-state index contributed by atoms with van der Waals surface area (Å²) in [5, 5.41) is 12.1. The first-order valence-electron chi connectivity index (χ1n) is 9.36. The highest BCUT2D eigenvalue weighted by atomic mass is 14.9. The maximum absolute atomic E-state index is 8.76. The van der Waals surface area contributed by atoms with E-state index >= 15 is 0 Å². The van der Waals surface area contributed by atoms with Gasteiger partial charge in [0.25, 0.3) is 0 Å². The lowest BCUT2D eigenvalue weighted by Gasteiger charge is -2.04. The van der Waals surface area contributed by atoms with Gasteiger partial charge in [0.1, 0.15) is 0 Å². The summed E-state index contributed by atoms with van der Waals surface area (Å²) in [4.78, 5) is 0. The number of hydrogen-bond acceptors (Lipinski definition) is 2. The maximum atomic E-state index is 8.76. The summed E-state index contributed by atoms with van der Waals surface area (Å²) in [7, 11) is 0. The van der Waals surface area contributed by atoms with Crippen LogP contribution in [0.2, 0.25) is 0 Å². The Morgan fingerprint density at radius 3 is 2.04 bits per heavy atom. The second-order valence-electron chi connectivity index (χ2n) is 6.22. The highest BCUT2D eigenvalue weighted by Crippen LogP contribution is 2.10. The Morgan fingerprint density at radius 2 is 1.42 bits per heavy atom. The SMILES string of the molecule is C=CCCCCCCCC/C=C/CCCNc1ccc(C#N)cc1. The minimum Gasteiger partial charge on any atom is -0.385 e. The van der Waals surface area contributed by atoms with Gasteiger partial charge < -0.3 is 5.32 Å². The summed E-state index contributed by atoms with van der Waals surface area (Å²) in [6.07, 6.45) is 19.4. The van der Waals surface area contributed by atoms with E-state index in [1.54, 1.807) is 0 Å². The first kappa shape index (κ1) is 20.0. The topological polar surface area (TPSA) is 35.8 Å². The van der Waals surface area contributed by atoms with Gasteiger partial charge >= 0.3 is 0 Å². The second-order valence-corrected chi connectivity index (χ2v) is 6.22. The summed E-state index contributed by atoms with van der Waals surface area (Å²) in [6, 6.07) is 9.76. The zero-order valence-electron chi connectivity index (χ0n) is 15.0. The van der Waals surface area contributed by atoms with Crippen molar-refractivity contribution in [3.63, 3.8) is 0 Å². The van der Waals surface area contributed by atoms with Gasteiger partial charge in [0.2, 0.25) is 0 Å². The van der Waals surface area contributed by atoms with Gasteiger partial charge in [0.05, 0.1) is 11.6 Å². The molecule has 0 saturated carbocycles. The predicted octanol–water partition coefficient (Wildman–Crippen LogP) is 6.61. The minimum atomic E-state index is 0.709. The van der Waals surface area contributed by atoms with Crippen molar-refractivity contribution in [3.8, 4) is 6.07 Å². The molecule has 0 atom stereocenters. The standard InChI is InChI=1S/C22H32N2/c1-2-3-4-5-6-7-8-9-10-11-12-13-14-19-24-22-17-15-21(20-23)16-18-22/h2,11-12,15-18,24H,1,3-10,13-14,19H2/b12-11+. The van der Waals surface area contributed by atoms with Crippen LogP contribution in [0.3, 0.4) is 0 Å². The van der Waals surface area contributed by atoms with Crippen molar-refractivity contribution in [3.05, 3.63) is 54.6 Å². The molecule has 130 valence electrons. The quantitative estimate of drug-likeness (QED) is 0.308. The molecule has 0 aliphatic rings. The third kappa shape index (κ3) is 10.7. The maximum Gasteiger partial charge on any atom is 0.0991 e. The molecule has 0 bridgehead atoms. The molecule has 0 aliphatic heterocycles. The van der Waals surface area contributed by atoms with Gasteiger partial charge in [-0.2, -0.15) is 5.26 Å². The van der Waals surface area contributed by atoms with Crippen LogP contribution in [0, 0.1) is 11.3 Å². The zero-order valence-corrected chi connectivity index (χ0v) is 15.0. The Morgan fingerprint density at radius 1 is 0.833 bits per heavy atom. The van der Waals surface area contributed by atoms with E-state index in [1.807, 2.05) is 30.3 Å². The van der Waals surface area contributed by atoms with Gasteiger partial charge in [-0.25, -0.2) is 0 Å². The highest BCUT2D eigenvalue weighted by Gasteiger charge is 1.93. The van der Waals surface area contributed by atoms with Crippen molar-refractivity contribution in [1.82, 2.24) is 0 Å². The van der Waals surface area contributed by atoms with E-state index in [0.29, 0.717) is 5.56 Å². The molecule has 1 aromatic carbocycles. The molecule has 0 spiro atoms. The first-order chi connectivity index (χ1) is 11.9. The summed E-state index contributed by atoms with van der Waals surface area (Å²) in [5.74, 6) is 0. The molecule has 0 amide bonds. The lowest BCUT2D eigenvalue weighted by atomic mass is 10.1. The molecular formula is C22H32N2. The van der Waals surface area contributed by atoms with Crippen molar-refractivity contribution < 1.29 is 0 Å². The number of nitriles is 1. The average Bonchev–Trinajstić information content (AvgIpc) is 2.62. The summed E-state index contributed by atoms with van der Waals surface area (Å²) < 4.78 is 0. The number of allylic oxidation sites excluding steroid dienone is 3. The van der Waals surface area contributed by atoms with Gasteiger partial charge in [-0.3, -0.25) is 0 Å². The Hall–Kier alpha value is -2.01. The fourth-order valence-electron chi connectivity index (χ4n) is 2.61. The van der Waals surface area contributed by atoms with Crippen molar-refractivity contribution in [2.75, 3.05) is 11.9 Å². The Bertz CT molecular complexity index is 494. The molecule has 0 aromatic heterocycles. The molecule has 0 aliphatic carbocycles. The molecule has 0 fully saturated rings. The van der Waals surface area contributed by atoms with Crippen molar-refractivity contribution in [2.24, 2.45) is 0 Å². The Labute approximate surface area is 148 Å². The van der Waals surface area contributed by atoms with E-state index in [0.717, 1.165) is 25.1 Å². The summed E-state index contributed by atoms with van der Waals surface area (Å²) >= 11 is 0. The van der Waals surface area contributed by atoms with E-state index in [4.69, 9.17) is 5.26 Å². The van der Waals surface area contributed by atoms with E-state index in [9.17, 15) is 0 Å². The molecule has 1 N–H and O–H groups in total. The molecule has 0 heterocycles. The van der Waals surface area contributed by atoms with Crippen LogP contribution in [-0.4, -0.2) is 6.54 Å². The Balaban J connectivity index is 1.89. The van der Waals surface area contributed by atoms with Crippen LogP contribution < -0.4 is 5.32 Å². The van der Waals surface area contributed by atoms with E-state index in [1.165, 1.54) is 51.4 Å². The monoisotopic (exact) mass is 324 g/mol. The number of nitrogens with one attached hydrogen (secondary N) is 1. The first-order valence-corrected chi connectivity index (χ1v) is 9.36.